The topological polar surface area (TPSA) is 29.1 Å². The maximum absolute atomic E-state index is 10.7. The third kappa shape index (κ3) is 0.655. The van der Waals surface area contributed by atoms with Crippen LogP contribution in [-0.4, -0.2) is 12.5 Å². The summed E-state index contributed by atoms with van der Waals surface area (Å²) in [5.74, 6) is 0.648. The Hall–Kier alpha value is -0.530. The van der Waals surface area contributed by atoms with Crippen LogP contribution in [0.2, 0.25) is 0 Å². The van der Waals surface area contributed by atoms with E-state index in [4.69, 9.17) is 0 Å². The van der Waals surface area contributed by atoms with Gasteiger partial charge in [0.05, 0.1) is 0 Å². The van der Waals surface area contributed by atoms with E-state index in [1.165, 1.54) is 0 Å². The van der Waals surface area contributed by atoms with Gasteiger partial charge < -0.3 is 5.32 Å². The van der Waals surface area contributed by atoms with Crippen molar-refractivity contribution in [2.75, 3.05) is 6.54 Å². The third-order valence-corrected chi connectivity index (χ3v) is 2.33. The van der Waals surface area contributed by atoms with Gasteiger partial charge in [0.1, 0.15) is 0 Å². The number of carbonyl (C=O) groups excluding carboxylic acids is 1. The Bertz CT molecular complexity index is 155. The van der Waals surface area contributed by atoms with Crippen molar-refractivity contribution in [3.63, 3.8) is 0 Å². The lowest BCUT2D eigenvalue weighted by Gasteiger charge is -1.97. The van der Waals surface area contributed by atoms with Crippen LogP contribution in [0.4, 0.5) is 0 Å². The van der Waals surface area contributed by atoms with Crippen molar-refractivity contribution < 1.29 is 4.79 Å². The average molecular weight is 127 g/mol. The minimum atomic E-state index is 0. The average Bonchev–Trinajstić information content (AvgIpc) is 2.32. The van der Waals surface area contributed by atoms with Crippen LogP contribution in [0.25, 0.3) is 0 Å². The molecular weight excluding hydrogens is 114 g/mol. The predicted molar refractivity (Wildman–Crippen MR) is 36.0 cm³/mol. The lowest BCUT2D eigenvalue weighted by atomic mass is 10.1. The fraction of sp³-hybridized carbons (Fsp3) is 0.857. The molecule has 1 heterocycles. The van der Waals surface area contributed by atoms with Crippen LogP contribution in [0.5, 0.6) is 0 Å². The summed E-state index contributed by atoms with van der Waals surface area (Å²) >= 11 is 0. The second kappa shape index (κ2) is 1.49. The molecule has 1 saturated heterocycles. The summed E-state index contributed by atoms with van der Waals surface area (Å²) in [4.78, 5) is 10.7. The van der Waals surface area contributed by atoms with Crippen LogP contribution in [0.3, 0.4) is 0 Å². The zero-order valence-corrected chi connectivity index (χ0v) is 4.90. The van der Waals surface area contributed by atoms with Crippen molar-refractivity contribution in [3.05, 3.63) is 0 Å². The summed E-state index contributed by atoms with van der Waals surface area (Å²) in [6, 6.07) is 0. The summed E-state index contributed by atoms with van der Waals surface area (Å²) in [6.07, 6.45) is 1.12. The van der Waals surface area contributed by atoms with E-state index in [0.717, 1.165) is 13.0 Å². The highest BCUT2D eigenvalue weighted by Gasteiger charge is 2.58. The van der Waals surface area contributed by atoms with Crippen LogP contribution >= 0.6 is 0 Å². The highest BCUT2D eigenvalue weighted by Crippen LogP contribution is 2.54. The summed E-state index contributed by atoms with van der Waals surface area (Å²) in [6.45, 7) is 3.08. The molecule has 2 unspecified atom stereocenters. The van der Waals surface area contributed by atoms with Gasteiger partial charge in [-0.1, -0.05) is 14.4 Å². The molecule has 0 aromatic heterocycles. The molecule has 52 valence electrons. The first kappa shape index (κ1) is 6.59. The Balaban J connectivity index is 0.000000405. The first-order chi connectivity index (χ1) is 3.72. The number of hydrogen-bond acceptors (Lipinski definition) is 1. The number of rotatable bonds is 0. The van der Waals surface area contributed by atoms with Gasteiger partial charge in [-0.25, -0.2) is 0 Å². The van der Waals surface area contributed by atoms with Gasteiger partial charge in [0.15, 0.2) is 0 Å². The standard InChI is InChI=1S/C6H9NO.CH4/c1-6-2-4(6)5(8)7-3-6;/h4H,2-3H2,1H3,(H,7,8);1H4. The molecule has 2 atom stereocenters. The zero-order chi connectivity index (χ0) is 5.78. The van der Waals surface area contributed by atoms with E-state index >= 15 is 0 Å². The third-order valence-electron chi connectivity index (χ3n) is 2.33. The number of piperidine rings is 1. The van der Waals surface area contributed by atoms with Crippen molar-refractivity contribution in [1.82, 2.24) is 5.32 Å². The summed E-state index contributed by atoms with van der Waals surface area (Å²) in [5, 5.41) is 2.82. The van der Waals surface area contributed by atoms with Gasteiger partial charge in [-0.05, 0) is 11.8 Å². The summed E-state index contributed by atoms with van der Waals surface area (Å²) in [7, 11) is 0. The van der Waals surface area contributed by atoms with Crippen LogP contribution in [0, 0.1) is 11.3 Å². The molecular formula is C7H13NO. The molecule has 1 aliphatic carbocycles. The lowest BCUT2D eigenvalue weighted by molar-refractivity contribution is -0.120. The fourth-order valence-electron chi connectivity index (χ4n) is 1.42. The van der Waals surface area contributed by atoms with E-state index in [0.29, 0.717) is 11.3 Å². The minimum Gasteiger partial charge on any atom is -0.355 e. The Morgan fingerprint density at radius 3 is 2.56 bits per heavy atom. The minimum absolute atomic E-state index is 0. The predicted octanol–water partition coefficient (Wildman–Crippen LogP) is 0.778. The second-order valence-corrected chi connectivity index (χ2v) is 3.13. The summed E-state index contributed by atoms with van der Waals surface area (Å²) < 4.78 is 0. The van der Waals surface area contributed by atoms with E-state index < -0.39 is 0 Å². The van der Waals surface area contributed by atoms with Gasteiger partial charge in [0.25, 0.3) is 0 Å². The van der Waals surface area contributed by atoms with Crippen molar-refractivity contribution in [3.8, 4) is 0 Å². The Morgan fingerprint density at radius 1 is 1.78 bits per heavy atom. The van der Waals surface area contributed by atoms with Crippen LogP contribution in [-0.2, 0) is 4.79 Å². The maximum atomic E-state index is 10.7. The van der Waals surface area contributed by atoms with Gasteiger partial charge in [-0.15, -0.1) is 0 Å². The van der Waals surface area contributed by atoms with E-state index in [-0.39, 0.29) is 13.3 Å². The highest BCUT2D eigenvalue weighted by atomic mass is 16.2. The molecule has 0 bridgehead atoms. The molecule has 1 aliphatic heterocycles. The zero-order valence-electron chi connectivity index (χ0n) is 4.90. The van der Waals surface area contributed by atoms with Crippen molar-refractivity contribution in [2.24, 2.45) is 11.3 Å². The van der Waals surface area contributed by atoms with Gasteiger partial charge in [-0.3, -0.25) is 4.79 Å². The van der Waals surface area contributed by atoms with Crippen LogP contribution < -0.4 is 5.32 Å². The van der Waals surface area contributed by atoms with Crippen molar-refractivity contribution in [1.29, 1.82) is 0 Å². The largest absolute Gasteiger partial charge is 0.355 e. The quantitative estimate of drug-likeness (QED) is 0.512. The molecule has 1 amide bonds. The first-order valence-electron chi connectivity index (χ1n) is 3.00. The van der Waals surface area contributed by atoms with Gasteiger partial charge in [0, 0.05) is 12.5 Å². The molecule has 2 rings (SSSR count). The second-order valence-electron chi connectivity index (χ2n) is 3.13. The van der Waals surface area contributed by atoms with Crippen molar-refractivity contribution in [2.45, 2.75) is 20.8 Å². The Morgan fingerprint density at radius 2 is 2.44 bits per heavy atom. The first-order valence-corrected chi connectivity index (χ1v) is 3.00. The molecule has 2 aliphatic rings. The smallest absolute Gasteiger partial charge is 0.223 e. The van der Waals surface area contributed by atoms with Crippen LogP contribution in [0.15, 0.2) is 0 Å². The monoisotopic (exact) mass is 127 g/mol. The van der Waals surface area contributed by atoms with E-state index in [1.807, 2.05) is 0 Å². The molecule has 1 N–H and O–H groups in total. The molecule has 2 fully saturated rings. The van der Waals surface area contributed by atoms with Gasteiger partial charge >= 0.3 is 0 Å². The number of fused-ring (bicyclic) bond motifs is 1. The number of hydrogen-bond donors (Lipinski definition) is 1. The van der Waals surface area contributed by atoms with Crippen molar-refractivity contribution >= 4 is 5.91 Å². The molecule has 0 aromatic rings. The Kier molecular flexibility index (Phi) is 1.09. The van der Waals surface area contributed by atoms with Crippen LogP contribution in [0.1, 0.15) is 20.8 Å². The maximum Gasteiger partial charge on any atom is 0.223 e. The number of amides is 1. The Labute approximate surface area is 55.6 Å². The molecule has 2 heteroatoms. The molecule has 9 heavy (non-hydrogen) atoms. The van der Waals surface area contributed by atoms with Gasteiger partial charge in [-0.2, -0.15) is 0 Å². The molecule has 0 spiro atoms. The molecule has 0 radical (unpaired) electrons. The van der Waals surface area contributed by atoms with E-state index in [9.17, 15) is 4.79 Å². The SMILES string of the molecule is C.CC12CNC(=O)C1C2. The van der Waals surface area contributed by atoms with E-state index in [2.05, 4.69) is 12.2 Å². The number of nitrogens with one attached hydrogen (secondary N) is 1. The highest BCUT2D eigenvalue weighted by molar-refractivity contribution is 5.85. The van der Waals surface area contributed by atoms with E-state index in [1.54, 1.807) is 0 Å². The summed E-state index contributed by atoms with van der Waals surface area (Å²) in [5.41, 5.74) is 0.372. The molecule has 0 aromatic carbocycles. The van der Waals surface area contributed by atoms with Gasteiger partial charge in [0.2, 0.25) is 5.91 Å². The number of carbonyl (C=O) groups is 1. The lowest BCUT2D eigenvalue weighted by Crippen LogP contribution is -2.19. The fourth-order valence-corrected chi connectivity index (χ4v) is 1.42. The molecule has 2 nitrogen and oxygen atoms in total. The molecule has 1 saturated carbocycles. The normalized spacial score (nSPS) is 45.0.